The third-order valence-corrected chi connectivity index (χ3v) is 5.12. The highest BCUT2D eigenvalue weighted by Crippen LogP contribution is 2.24. The molecule has 1 aromatic heterocycles. The maximum atomic E-state index is 12.3. The summed E-state index contributed by atoms with van der Waals surface area (Å²) in [5.41, 5.74) is 6.71. The van der Waals surface area contributed by atoms with Crippen LogP contribution in [0.5, 0.6) is 0 Å². The highest BCUT2D eigenvalue weighted by Gasteiger charge is 2.22. The SMILES string of the molecule is CC(NS(=O)(=O)c1ccc(C(N)=S)cc1Cl)c1cn[nH]c1. The minimum absolute atomic E-state index is 0.0282. The van der Waals surface area contributed by atoms with E-state index >= 15 is 0 Å². The molecule has 1 atom stereocenters. The van der Waals surface area contributed by atoms with Crippen LogP contribution in [0.15, 0.2) is 35.5 Å². The summed E-state index contributed by atoms with van der Waals surface area (Å²) in [6.45, 7) is 1.71. The van der Waals surface area contributed by atoms with Crippen LogP contribution < -0.4 is 10.5 Å². The van der Waals surface area contributed by atoms with Gasteiger partial charge >= 0.3 is 0 Å². The molecule has 0 amide bonds. The van der Waals surface area contributed by atoms with Crippen molar-refractivity contribution in [2.75, 3.05) is 0 Å². The van der Waals surface area contributed by atoms with Crippen LogP contribution in [-0.4, -0.2) is 23.6 Å². The molecule has 4 N–H and O–H groups in total. The molecule has 0 spiro atoms. The highest BCUT2D eigenvalue weighted by molar-refractivity contribution is 7.89. The van der Waals surface area contributed by atoms with E-state index in [4.69, 9.17) is 29.6 Å². The van der Waals surface area contributed by atoms with Crippen molar-refractivity contribution in [1.82, 2.24) is 14.9 Å². The molecular weight excluding hydrogens is 332 g/mol. The van der Waals surface area contributed by atoms with Gasteiger partial charge in [0.25, 0.3) is 0 Å². The maximum Gasteiger partial charge on any atom is 0.242 e. The van der Waals surface area contributed by atoms with Crippen LogP contribution in [0, 0.1) is 0 Å². The number of thiocarbonyl (C=S) groups is 1. The van der Waals surface area contributed by atoms with Gasteiger partial charge in [0.2, 0.25) is 10.0 Å². The second-order valence-electron chi connectivity index (χ2n) is 4.38. The Morgan fingerprint density at radius 3 is 2.76 bits per heavy atom. The van der Waals surface area contributed by atoms with E-state index < -0.39 is 16.1 Å². The van der Waals surface area contributed by atoms with Crippen molar-refractivity contribution >= 4 is 38.8 Å². The Bertz CT molecular complexity index is 760. The molecule has 2 aromatic rings. The minimum Gasteiger partial charge on any atom is -0.389 e. The van der Waals surface area contributed by atoms with E-state index in [1.165, 1.54) is 18.2 Å². The van der Waals surface area contributed by atoms with Crippen LogP contribution in [0.1, 0.15) is 24.1 Å². The molecule has 9 heteroatoms. The molecule has 112 valence electrons. The lowest BCUT2D eigenvalue weighted by atomic mass is 10.2. The van der Waals surface area contributed by atoms with Crippen LogP contribution in [0.2, 0.25) is 5.02 Å². The number of hydrogen-bond acceptors (Lipinski definition) is 4. The van der Waals surface area contributed by atoms with Crippen LogP contribution in [0.25, 0.3) is 0 Å². The van der Waals surface area contributed by atoms with Gasteiger partial charge in [-0.05, 0) is 19.1 Å². The predicted octanol–water partition coefficient (Wildman–Crippen LogP) is 1.74. The van der Waals surface area contributed by atoms with Gasteiger partial charge in [0.05, 0.1) is 11.2 Å². The monoisotopic (exact) mass is 344 g/mol. The van der Waals surface area contributed by atoms with E-state index in [-0.39, 0.29) is 14.9 Å². The largest absolute Gasteiger partial charge is 0.389 e. The van der Waals surface area contributed by atoms with Gasteiger partial charge in [-0.25, -0.2) is 13.1 Å². The Hall–Kier alpha value is -1.48. The summed E-state index contributed by atoms with van der Waals surface area (Å²) in [6, 6.07) is 3.88. The molecule has 1 heterocycles. The zero-order chi connectivity index (χ0) is 15.6. The van der Waals surface area contributed by atoms with Crippen molar-refractivity contribution in [2.45, 2.75) is 17.9 Å². The topological polar surface area (TPSA) is 101 Å². The minimum atomic E-state index is -3.77. The van der Waals surface area contributed by atoms with E-state index in [1.54, 1.807) is 19.3 Å². The number of benzene rings is 1. The van der Waals surface area contributed by atoms with Crippen LogP contribution in [-0.2, 0) is 10.0 Å². The predicted molar refractivity (Wildman–Crippen MR) is 84.7 cm³/mol. The molecular formula is C12H13ClN4O2S2. The number of hydrogen-bond donors (Lipinski definition) is 3. The molecule has 1 aromatic carbocycles. The number of H-pyrrole nitrogens is 1. The lowest BCUT2D eigenvalue weighted by Crippen LogP contribution is -2.27. The van der Waals surface area contributed by atoms with Gasteiger partial charge in [0.1, 0.15) is 9.88 Å². The maximum absolute atomic E-state index is 12.3. The fourth-order valence-corrected chi connectivity index (χ4v) is 3.64. The Kier molecular flexibility index (Phi) is 4.62. The zero-order valence-electron chi connectivity index (χ0n) is 11.0. The fraction of sp³-hybridized carbons (Fsp3) is 0.167. The summed E-state index contributed by atoms with van der Waals surface area (Å²) in [4.78, 5) is 0.125. The molecule has 0 saturated heterocycles. The first-order valence-electron chi connectivity index (χ1n) is 5.91. The van der Waals surface area contributed by atoms with E-state index in [9.17, 15) is 8.42 Å². The molecule has 0 bridgehead atoms. The van der Waals surface area contributed by atoms with Crippen molar-refractivity contribution in [1.29, 1.82) is 0 Å². The van der Waals surface area contributed by atoms with Crippen LogP contribution >= 0.6 is 23.8 Å². The molecule has 6 nitrogen and oxygen atoms in total. The average Bonchev–Trinajstić information content (AvgIpc) is 2.91. The molecule has 1 unspecified atom stereocenters. The Labute approximate surface area is 132 Å². The first-order chi connectivity index (χ1) is 9.81. The lowest BCUT2D eigenvalue weighted by Gasteiger charge is -2.14. The van der Waals surface area contributed by atoms with Gasteiger partial charge in [0.15, 0.2) is 0 Å². The normalized spacial score (nSPS) is 13.0. The molecule has 0 aliphatic carbocycles. The summed E-state index contributed by atoms with van der Waals surface area (Å²) in [5, 5.41) is 6.47. The second-order valence-corrected chi connectivity index (χ2v) is 6.91. The molecule has 21 heavy (non-hydrogen) atoms. The average molecular weight is 345 g/mol. The van der Waals surface area contributed by atoms with Gasteiger partial charge in [-0.15, -0.1) is 0 Å². The summed E-state index contributed by atoms with van der Waals surface area (Å²) >= 11 is 10.8. The number of sulfonamides is 1. The molecule has 0 fully saturated rings. The van der Waals surface area contributed by atoms with Crippen molar-refractivity contribution in [2.24, 2.45) is 5.73 Å². The first-order valence-corrected chi connectivity index (χ1v) is 8.18. The van der Waals surface area contributed by atoms with E-state index in [0.29, 0.717) is 5.56 Å². The summed E-state index contributed by atoms with van der Waals surface area (Å²) in [6.07, 6.45) is 3.16. The zero-order valence-corrected chi connectivity index (χ0v) is 13.4. The number of nitrogens with one attached hydrogen (secondary N) is 2. The van der Waals surface area contributed by atoms with E-state index in [0.717, 1.165) is 5.56 Å². The summed E-state index contributed by atoms with van der Waals surface area (Å²) in [7, 11) is -3.77. The number of aromatic nitrogens is 2. The molecule has 2 rings (SSSR count). The van der Waals surface area contributed by atoms with E-state index in [2.05, 4.69) is 14.9 Å². The molecule has 0 aliphatic heterocycles. The Morgan fingerprint density at radius 2 is 2.24 bits per heavy atom. The van der Waals surface area contributed by atoms with Gasteiger partial charge in [-0.2, -0.15) is 5.10 Å². The third-order valence-electron chi connectivity index (χ3n) is 2.86. The molecule has 0 saturated carbocycles. The van der Waals surface area contributed by atoms with Crippen molar-refractivity contribution < 1.29 is 8.42 Å². The lowest BCUT2D eigenvalue weighted by molar-refractivity contribution is 0.567. The van der Waals surface area contributed by atoms with Gasteiger partial charge in [0, 0.05) is 23.4 Å². The number of rotatable bonds is 5. The Morgan fingerprint density at radius 1 is 1.52 bits per heavy atom. The quantitative estimate of drug-likeness (QED) is 0.717. The Balaban J connectivity index is 2.29. The van der Waals surface area contributed by atoms with Crippen LogP contribution in [0.3, 0.4) is 0 Å². The van der Waals surface area contributed by atoms with Crippen molar-refractivity contribution in [3.05, 3.63) is 46.7 Å². The number of nitrogens with two attached hydrogens (primary N) is 1. The number of halogens is 1. The number of aromatic amines is 1. The van der Waals surface area contributed by atoms with E-state index in [1.807, 2.05) is 0 Å². The standard InChI is InChI=1S/C12H13ClN4O2S2/c1-7(9-5-15-16-6-9)17-21(18,19)11-3-2-8(12(14)20)4-10(11)13/h2-7,17H,1H3,(H2,14,20)(H,15,16). The second kappa shape index (κ2) is 6.10. The first kappa shape index (κ1) is 15.9. The van der Waals surface area contributed by atoms with Gasteiger partial charge in [-0.1, -0.05) is 29.9 Å². The summed E-state index contributed by atoms with van der Waals surface area (Å²) < 4.78 is 27.2. The van der Waals surface area contributed by atoms with Crippen molar-refractivity contribution in [3.63, 3.8) is 0 Å². The van der Waals surface area contributed by atoms with Gasteiger partial charge < -0.3 is 5.73 Å². The third kappa shape index (κ3) is 3.59. The van der Waals surface area contributed by atoms with Gasteiger partial charge in [-0.3, -0.25) is 5.10 Å². The highest BCUT2D eigenvalue weighted by atomic mass is 35.5. The molecule has 0 aliphatic rings. The smallest absolute Gasteiger partial charge is 0.242 e. The summed E-state index contributed by atoms with van der Waals surface area (Å²) in [5.74, 6) is 0. The molecule has 0 radical (unpaired) electrons. The van der Waals surface area contributed by atoms with Crippen molar-refractivity contribution in [3.8, 4) is 0 Å². The van der Waals surface area contributed by atoms with Crippen LogP contribution in [0.4, 0.5) is 0 Å². The number of nitrogens with zero attached hydrogens (tertiary/aromatic N) is 1. The fourth-order valence-electron chi connectivity index (χ4n) is 1.73.